The van der Waals surface area contributed by atoms with Crippen molar-refractivity contribution in [1.29, 1.82) is 5.26 Å². The summed E-state index contributed by atoms with van der Waals surface area (Å²) in [7, 11) is 0. The van der Waals surface area contributed by atoms with Gasteiger partial charge < -0.3 is 4.74 Å². The van der Waals surface area contributed by atoms with E-state index in [4.69, 9.17) is 10.00 Å². The Hall–Kier alpha value is -0.880. The highest BCUT2D eigenvalue weighted by molar-refractivity contribution is 5.92. The number of Topliss-reactive ketones (excluding diaryl/α,β-unsaturated/α-hetero) is 1. The van der Waals surface area contributed by atoms with Crippen molar-refractivity contribution in [2.24, 2.45) is 11.3 Å². The number of carbonyl (C=O) groups excluding carboxylic acids is 1. The van der Waals surface area contributed by atoms with E-state index in [1.807, 2.05) is 0 Å². The van der Waals surface area contributed by atoms with E-state index in [1.165, 1.54) is 0 Å². The van der Waals surface area contributed by atoms with Crippen LogP contribution in [0.5, 0.6) is 0 Å². The molecule has 0 bridgehead atoms. The highest BCUT2D eigenvalue weighted by Crippen LogP contribution is 2.48. The maximum absolute atomic E-state index is 11.8. The van der Waals surface area contributed by atoms with Gasteiger partial charge in [0.1, 0.15) is 5.41 Å². The summed E-state index contributed by atoms with van der Waals surface area (Å²) in [6, 6.07) is 2.16. The number of hydrogen-bond acceptors (Lipinski definition) is 3. The van der Waals surface area contributed by atoms with E-state index in [-0.39, 0.29) is 11.7 Å². The first-order chi connectivity index (χ1) is 6.28. The van der Waals surface area contributed by atoms with E-state index in [0.717, 1.165) is 25.7 Å². The second-order valence-corrected chi connectivity index (χ2v) is 3.94. The van der Waals surface area contributed by atoms with Crippen LogP contribution in [-0.4, -0.2) is 19.0 Å². The van der Waals surface area contributed by atoms with E-state index in [1.54, 1.807) is 0 Å². The van der Waals surface area contributed by atoms with Crippen LogP contribution >= 0.6 is 0 Å². The lowest BCUT2D eigenvalue weighted by atomic mass is 9.86. The van der Waals surface area contributed by atoms with Crippen LogP contribution in [0, 0.1) is 22.7 Å². The third-order valence-corrected chi connectivity index (χ3v) is 3.03. The summed E-state index contributed by atoms with van der Waals surface area (Å²) in [5.74, 6) is 0.272. The summed E-state index contributed by atoms with van der Waals surface area (Å²) in [5.41, 5.74) is -0.581. The van der Waals surface area contributed by atoms with Crippen LogP contribution < -0.4 is 0 Å². The Kier molecular flexibility index (Phi) is 2.09. The van der Waals surface area contributed by atoms with Gasteiger partial charge in [0.25, 0.3) is 0 Å². The number of nitriles is 1. The standard InChI is InChI=1S/C10H13NO2/c11-7-10(3-4-10)9(12)8-1-5-13-6-2-8/h8H,1-6H2. The van der Waals surface area contributed by atoms with E-state index in [9.17, 15) is 4.79 Å². The van der Waals surface area contributed by atoms with Crippen molar-refractivity contribution >= 4 is 5.78 Å². The minimum atomic E-state index is -0.581. The Morgan fingerprint density at radius 3 is 2.46 bits per heavy atom. The van der Waals surface area contributed by atoms with E-state index in [0.29, 0.717) is 13.2 Å². The first-order valence-corrected chi connectivity index (χ1v) is 4.82. The van der Waals surface area contributed by atoms with Crippen LogP contribution in [0.3, 0.4) is 0 Å². The Balaban J connectivity index is 2.00. The van der Waals surface area contributed by atoms with Crippen molar-refractivity contribution < 1.29 is 9.53 Å². The Bertz CT molecular complexity index is 257. The lowest BCUT2D eigenvalue weighted by Crippen LogP contribution is -2.29. The molecule has 2 aliphatic rings. The normalized spacial score (nSPS) is 26.4. The molecule has 0 N–H and O–H groups in total. The quantitative estimate of drug-likeness (QED) is 0.641. The number of hydrogen-bond donors (Lipinski definition) is 0. The van der Waals surface area contributed by atoms with Gasteiger partial charge in [-0.05, 0) is 25.7 Å². The number of ether oxygens (including phenoxy) is 1. The summed E-state index contributed by atoms with van der Waals surface area (Å²) < 4.78 is 5.18. The fraction of sp³-hybridized carbons (Fsp3) is 0.800. The molecule has 2 rings (SSSR count). The molecule has 3 nitrogen and oxygen atoms in total. The van der Waals surface area contributed by atoms with Gasteiger partial charge in [-0.15, -0.1) is 0 Å². The summed E-state index contributed by atoms with van der Waals surface area (Å²) in [4.78, 5) is 11.8. The molecule has 0 spiro atoms. The van der Waals surface area contributed by atoms with E-state index in [2.05, 4.69) is 6.07 Å². The SMILES string of the molecule is N#CC1(C(=O)C2CCOCC2)CC1. The van der Waals surface area contributed by atoms with Gasteiger partial charge in [0.15, 0.2) is 5.78 Å². The smallest absolute Gasteiger partial charge is 0.156 e. The Morgan fingerprint density at radius 2 is 2.00 bits per heavy atom. The molecule has 0 amide bonds. The van der Waals surface area contributed by atoms with Gasteiger partial charge in [0.05, 0.1) is 6.07 Å². The first-order valence-electron chi connectivity index (χ1n) is 4.82. The molecule has 0 unspecified atom stereocenters. The summed E-state index contributed by atoms with van der Waals surface area (Å²) in [6.07, 6.45) is 3.17. The molecule has 1 saturated heterocycles. The van der Waals surface area contributed by atoms with Crippen LogP contribution in [0.4, 0.5) is 0 Å². The summed E-state index contributed by atoms with van der Waals surface area (Å²) in [6.45, 7) is 1.36. The van der Waals surface area contributed by atoms with Gasteiger partial charge >= 0.3 is 0 Å². The van der Waals surface area contributed by atoms with Crippen molar-refractivity contribution in [3.8, 4) is 6.07 Å². The van der Waals surface area contributed by atoms with Crippen LogP contribution in [0.2, 0.25) is 0 Å². The fourth-order valence-electron chi connectivity index (χ4n) is 1.89. The maximum Gasteiger partial charge on any atom is 0.156 e. The molecule has 70 valence electrons. The zero-order chi connectivity index (χ0) is 9.31. The third-order valence-electron chi connectivity index (χ3n) is 3.03. The Labute approximate surface area is 77.7 Å². The largest absolute Gasteiger partial charge is 0.381 e. The predicted octanol–water partition coefficient (Wildman–Crippen LogP) is 1.29. The van der Waals surface area contributed by atoms with Gasteiger partial charge in [-0.2, -0.15) is 5.26 Å². The third kappa shape index (κ3) is 1.47. The summed E-state index contributed by atoms with van der Waals surface area (Å²) >= 11 is 0. The molecule has 0 atom stereocenters. The number of carbonyl (C=O) groups is 1. The van der Waals surface area contributed by atoms with Crippen molar-refractivity contribution in [3.63, 3.8) is 0 Å². The zero-order valence-corrected chi connectivity index (χ0v) is 7.58. The Morgan fingerprint density at radius 1 is 1.38 bits per heavy atom. The van der Waals surface area contributed by atoms with Crippen molar-refractivity contribution in [1.82, 2.24) is 0 Å². The molecular weight excluding hydrogens is 166 g/mol. The topological polar surface area (TPSA) is 50.1 Å². The predicted molar refractivity (Wildman–Crippen MR) is 45.8 cm³/mol. The average Bonchev–Trinajstić information content (AvgIpc) is 2.99. The fourth-order valence-corrected chi connectivity index (χ4v) is 1.89. The molecule has 3 heteroatoms. The molecule has 0 aromatic carbocycles. The van der Waals surface area contributed by atoms with Crippen molar-refractivity contribution in [3.05, 3.63) is 0 Å². The van der Waals surface area contributed by atoms with Crippen LogP contribution in [-0.2, 0) is 9.53 Å². The van der Waals surface area contributed by atoms with Crippen LogP contribution in [0.1, 0.15) is 25.7 Å². The molecule has 1 aliphatic carbocycles. The minimum Gasteiger partial charge on any atom is -0.381 e. The molecule has 0 radical (unpaired) electrons. The van der Waals surface area contributed by atoms with Gasteiger partial charge in [0, 0.05) is 19.1 Å². The number of ketones is 1. The minimum absolute atomic E-state index is 0.0934. The molecule has 2 fully saturated rings. The van der Waals surface area contributed by atoms with Gasteiger partial charge in [-0.25, -0.2) is 0 Å². The lowest BCUT2D eigenvalue weighted by molar-refractivity contribution is -0.129. The number of rotatable bonds is 2. The van der Waals surface area contributed by atoms with Crippen LogP contribution in [0.25, 0.3) is 0 Å². The molecule has 1 aliphatic heterocycles. The number of nitrogens with zero attached hydrogens (tertiary/aromatic N) is 1. The molecule has 0 aromatic heterocycles. The maximum atomic E-state index is 11.8. The summed E-state index contributed by atoms with van der Waals surface area (Å²) in [5, 5.41) is 8.86. The molecule has 1 saturated carbocycles. The molecular formula is C10H13NO2. The molecule has 1 heterocycles. The van der Waals surface area contributed by atoms with Gasteiger partial charge in [-0.3, -0.25) is 4.79 Å². The second kappa shape index (κ2) is 3.12. The van der Waals surface area contributed by atoms with E-state index < -0.39 is 5.41 Å². The lowest BCUT2D eigenvalue weighted by Gasteiger charge is -2.22. The van der Waals surface area contributed by atoms with Gasteiger partial charge in [0.2, 0.25) is 0 Å². The van der Waals surface area contributed by atoms with Gasteiger partial charge in [-0.1, -0.05) is 0 Å². The molecule has 13 heavy (non-hydrogen) atoms. The molecule has 0 aromatic rings. The van der Waals surface area contributed by atoms with Crippen LogP contribution in [0.15, 0.2) is 0 Å². The van der Waals surface area contributed by atoms with E-state index >= 15 is 0 Å². The average molecular weight is 179 g/mol. The van der Waals surface area contributed by atoms with Crippen molar-refractivity contribution in [2.75, 3.05) is 13.2 Å². The first kappa shape index (κ1) is 8.71. The second-order valence-electron chi connectivity index (χ2n) is 3.94. The highest BCUT2D eigenvalue weighted by Gasteiger charge is 2.52. The monoisotopic (exact) mass is 179 g/mol. The zero-order valence-electron chi connectivity index (χ0n) is 7.58. The highest BCUT2D eigenvalue weighted by atomic mass is 16.5. The van der Waals surface area contributed by atoms with Crippen molar-refractivity contribution in [2.45, 2.75) is 25.7 Å².